The molecule has 0 saturated carbocycles. The number of nitrogens with zero attached hydrogens (tertiary/aromatic N) is 3. The second-order valence-electron chi connectivity index (χ2n) is 4.34. The minimum atomic E-state index is 0.463. The van der Waals surface area contributed by atoms with E-state index in [0.717, 1.165) is 18.8 Å². The summed E-state index contributed by atoms with van der Waals surface area (Å²) < 4.78 is 0. The van der Waals surface area contributed by atoms with Crippen LogP contribution >= 0.6 is 0 Å². The van der Waals surface area contributed by atoms with Gasteiger partial charge in [0, 0.05) is 19.1 Å². The molecule has 0 saturated heterocycles. The predicted molar refractivity (Wildman–Crippen MR) is 69.7 cm³/mol. The Bertz CT molecular complexity index is 307. The molecule has 0 aliphatic heterocycles. The average Bonchev–Trinajstić information content (AvgIpc) is 2.21. The van der Waals surface area contributed by atoms with E-state index in [1.807, 2.05) is 18.3 Å². The molecule has 90 valence electrons. The summed E-state index contributed by atoms with van der Waals surface area (Å²) in [5, 5.41) is 0. The van der Waals surface area contributed by atoms with Gasteiger partial charge < -0.3 is 15.5 Å². The molecule has 0 radical (unpaired) electrons. The van der Waals surface area contributed by atoms with Crippen molar-refractivity contribution >= 4 is 11.5 Å². The summed E-state index contributed by atoms with van der Waals surface area (Å²) in [5.41, 5.74) is 6.72. The summed E-state index contributed by atoms with van der Waals surface area (Å²) >= 11 is 0. The standard InChI is InChI=1S/C12H22N4/c1-5-16(10(2)9-15(3)4)11-6-7-12(13)14-8-11/h6-8,10H,5,9H2,1-4H3,(H2,13,14). The maximum absolute atomic E-state index is 5.59. The zero-order chi connectivity index (χ0) is 12.1. The second kappa shape index (κ2) is 5.70. The van der Waals surface area contributed by atoms with E-state index in [2.05, 4.69) is 42.7 Å². The van der Waals surface area contributed by atoms with E-state index in [1.54, 1.807) is 0 Å². The molecule has 4 nitrogen and oxygen atoms in total. The maximum Gasteiger partial charge on any atom is 0.123 e. The topological polar surface area (TPSA) is 45.4 Å². The smallest absolute Gasteiger partial charge is 0.123 e. The number of aromatic nitrogens is 1. The van der Waals surface area contributed by atoms with Gasteiger partial charge in [-0.25, -0.2) is 4.98 Å². The van der Waals surface area contributed by atoms with Gasteiger partial charge in [0.25, 0.3) is 0 Å². The molecular formula is C12H22N4. The largest absolute Gasteiger partial charge is 0.384 e. The zero-order valence-electron chi connectivity index (χ0n) is 10.6. The van der Waals surface area contributed by atoms with Gasteiger partial charge in [0.1, 0.15) is 5.82 Å². The molecule has 1 aromatic heterocycles. The molecule has 1 rings (SSSR count). The summed E-state index contributed by atoms with van der Waals surface area (Å²) in [4.78, 5) is 8.65. The minimum Gasteiger partial charge on any atom is -0.384 e. The Morgan fingerprint density at radius 1 is 1.38 bits per heavy atom. The highest BCUT2D eigenvalue weighted by atomic mass is 15.2. The van der Waals surface area contributed by atoms with E-state index in [1.165, 1.54) is 0 Å². The number of likely N-dealkylation sites (N-methyl/N-ethyl adjacent to an activating group) is 2. The van der Waals surface area contributed by atoms with Crippen molar-refractivity contribution in [1.82, 2.24) is 9.88 Å². The summed E-state index contributed by atoms with van der Waals surface area (Å²) in [7, 11) is 4.18. The summed E-state index contributed by atoms with van der Waals surface area (Å²) in [6, 6.07) is 4.34. The Morgan fingerprint density at radius 3 is 2.50 bits per heavy atom. The van der Waals surface area contributed by atoms with Crippen LogP contribution in [0.1, 0.15) is 13.8 Å². The van der Waals surface area contributed by atoms with Crippen LogP contribution in [0.3, 0.4) is 0 Å². The first kappa shape index (κ1) is 12.8. The second-order valence-corrected chi connectivity index (χ2v) is 4.34. The number of hydrogen-bond acceptors (Lipinski definition) is 4. The van der Waals surface area contributed by atoms with Crippen molar-refractivity contribution in [2.24, 2.45) is 0 Å². The molecule has 0 aromatic carbocycles. The van der Waals surface area contributed by atoms with E-state index in [-0.39, 0.29) is 0 Å². The molecule has 1 unspecified atom stereocenters. The first-order valence-corrected chi connectivity index (χ1v) is 5.67. The number of nitrogen functional groups attached to an aromatic ring is 1. The van der Waals surface area contributed by atoms with Gasteiger partial charge in [0.05, 0.1) is 11.9 Å². The van der Waals surface area contributed by atoms with Crippen LogP contribution in [0.25, 0.3) is 0 Å². The van der Waals surface area contributed by atoms with Crippen LogP contribution in [-0.2, 0) is 0 Å². The third-order valence-corrected chi connectivity index (χ3v) is 2.60. The molecule has 0 bridgehead atoms. The lowest BCUT2D eigenvalue weighted by Crippen LogP contribution is -2.40. The number of hydrogen-bond donors (Lipinski definition) is 1. The Hall–Kier alpha value is -1.29. The van der Waals surface area contributed by atoms with E-state index < -0.39 is 0 Å². The van der Waals surface area contributed by atoms with Crippen molar-refractivity contribution in [3.8, 4) is 0 Å². The monoisotopic (exact) mass is 222 g/mol. The molecule has 0 spiro atoms. The van der Waals surface area contributed by atoms with Crippen LogP contribution in [0, 0.1) is 0 Å². The highest BCUT2D eigenvalue weighted by Gasteiger charge is 2.13. The Morgan fingerprint density at radius 2 is 2.06 bits per heavy atom. The molecule has 0 aliphatic rings. The Balaban J connectivity index is 2.77. The van der Waals surface area contributed by atoms with Crippen molar-refractivity contribution < 1.29 is 0 Å². The number of nitrogens with two attached hydrogens (primary N) is 1. The normalized spacial score (nSPS) is 12.8. The summed E-state index contributed by atoms with van der Waals surface area (Å²) in [6.07, 6.45) is 1.84. The van der Waals surface area contributed by atoms with Crippen molar-refractivity contribution in [2.45, 2.75) is 19.9 Å². The first-order chi connectivity index (χ1) is 7.54. The quantitative estimate of drug-likeness (QED) is 0.819. The third-order valence-electron chi connectivity index (χ3n) is 2.60. The molecule has 0 amide bonds. The highest BCUT2D eigenvalue weighted by Crippen LogP contribution is 2.16. The van der Waals surface area contributed by atoms with E-state index in [0.29, 0.717) is 11.9 Å². The average molecular weight is 222 g/mol. The molecule has 1 heterocycles. The lowest BCUT2D eigenvalue weighted by atomic mass is 10.2. The van der Waals surface area contributed by atoms with Gasteiger partial charge in [-0.2, -0.15) is 0 Å². The number of rotatable bonds is 5. The van der Waals surface area contributed by atoms with E-state index in [4.69, 9.17) is 5.73 Å². The fourth-order valence-electron chi connectivity index (χ4n) is 1.94. The van der Waals surface area contributed by atoms with Crippen LogP contribution in [0.15, 0.2) is 18.3 Å². The van der Waals surface area contributed by atoms with Gasteiger partial charge >= 0.3 is 0 Å². The van der Waals surface area contributed by atoms with Gasteiger partial charge in [-0.05, 0) is 40.1 Å². The first-order valence-electron chi connectivity index (χ1n) is 5.67. The van der Waals surface area contributed by atoms with Gasteiger partial charge in [-0.3, -0.25) is 0 Å². The van der Waals surface area contributed by atoms with Crippen LogP contribution in [0.4, 0.5) is 11.5 Å². The molecule has 2 N–H and O–H groups in total. The third kappa shape index (κ3) is 3.38. The number of anilines is 2. The van der Waals surface area contributed by atoms with Crippen LogP contribution in [0.2, 0.25) is 0 Å². The molecule has 4 heteroatoms. The van der Waals surface area contributed by atoms with Gasteiger partial charge in [0.15, 0.2) is 0 Å². The van der Waals surface area contributed by atoms with Crippen molar-refractivity contribution in [3.63, 3.8) is 0 Å². The number of pyridine rings is 1. The van der Waals surface area contributed by atoms with Gasteiger partial charge in [-0.15, -0.1) is 0 Å². The molecular weight excluding hydrogens is 200 g/mol. The van der Waals surface area contributed by atoms with Crippen molar-refractivity contribution in [1.29, 1.82) is 0 Å². The van der Waals surface area contributed by atoms with E-state index in [9.17, 15) is 0 Å². The maximum atomic E-state index is 5.59. The molecule has 16 heavy (non-hydrogen) atoms. The van der Waals surface area contributed by atoms with Gasteiger partial charge in [-0.1, -0.05) is 0 Å². The summed E-state index contributed by atoms with van der Waals surface area (Å²) in [6.45, 7) is 6.38. The molecule has 1 aromatic rings. The Labute approximate surface area is 98.1 Å². The Kier molecular flexibility index (Phi) is 4.55. The fourth-order valence-corrected chi connectivity index (χ4v) is 1.94. The zero-order valence-corrected chi connectivity index (χ0v) is 10.6. The van der Waals surface area contributed by atoms with Gasteiger partial charge in [0.2, 0.25) is 0 Å². The highest BCUT2D eigenvalue weighted by molar-refractivity contribution is 5.48. The molecule has 0 fully saturated rings. The van der Waals surface area contributed by atoms with E-state index >= 15 is 0 Å². The predicted octanol–water partition coefficient (Wildman–Crippen LogP) is 1.44. The lowest BCUT2D eigenvalue weighted by Gasteiger charge is -2.31. The fraction of sp³-hybridized carbons (Fsp3) is 0.583. The van der Waals surface area contributed by atoms with Crippen molar-refractivity contribution in [2.75, 3.05) is 37.8 Å². The SMILES string of the molecule is CCN(c1ccc(N)nc1)C(C)CN(C)C. The van der Waals surface area contributed by atoms with Crippen molar-refractivity contribution in [3.05, 3.63) is 18.3 Å². The van der Waals surface area contributed by atoms with Crippen LogP contribution in [0.5, 0.6) is 0 Å². The van der Waals surface area contributed by atoms with Crippen LogP contribution < -0.4 is 10.6 Å². The molecule has 1 atom stereocenters. The lowest BCUT2D eigenvalue weighted by molar-refractivity contribution is 0.373. The molecule has 0 aliphatic carbocycles. The summed E-state index contributed by atoms with van der Waals surface area (Å²) in [5.74, 6) is 0.570. The minimum absolute atomic E-state index is 0.463. The van der Waals surface area contributed by atoms with Crippen LogP contribution in [-0.4, -0.2) is 43.1 Å².